The summed E-state index contributed by atoms with van der Waals surface area (Å²) in [4.78, 5) is 21.9. The number of carbonyl (C=O) groups is 2. The summed E-state index contributed by atoms with van der Waals surface area (Å²) in [5.41, 5.74) is -0.295. The molecular formula is C12H13F2NO4. The van der Waals surface area contributed by atoms with Gasteiger partial charge in [0.25, 0.3) is 11.8 Å². The van der Waals surface area contributed by atoms with E-state index < -0.39 is 24.3 Å². The van der Waals surface area contributed by atoms with Crippen molar-refractivity contribution >= 4 is 11.9 Å². The average Bonchev–Trinajstić information content (AvgIpc) is 2.33. The van der Waals surface area contributed by atoms with Crippen LogP contribution >= 0.6 is 0 Å². The van der Waals surface area contributed by atoms with E-state index in [1.807, 2.05) is 0 Å². The molecule has 104 valence electrons. The first-order valence-electron chi connectivity index (χ1n) is 5.32. The molecule has 1 aromatic carbocycles. The minimum atomic E-state index is -3.10. The summed E-state index contributed by atoms with van der Waals surface area (Å²) >= 11 is 0. The van der Waals surface area contributed by atoms with Crippen LogP contribution in [0.1, 0.15) is 22.8 Å². The molecule has 0 atom stereocenters. The van der Waals surface area contributed by atoms with Crippen LogP contribution < -0.4 is 10.1 Å². The number of carboxylic acids is 1. The number of nitrogens with one attached hydrogen (secondary N) is 1. The van der Waals surface area contributed by atoms with Crippen LogP contribution in [-0.2, 0) is 10.7 Å². The lowest BCUT2D eigenvalue weighted by molar-refractivity contribution is -0.135. The van der Waals surface area contributed by atoms with Crippen LogP contribution in [0.15, 0.2) is 18.2 Å². The third-order valence-electron chi connectivity index (χ3n) is 2.34. The molecule has 0 aromatic heterocycles. The number of ether oxygens (including phenoxy) is 1. The van der Waals surface area contributed by atoms with Crippen molar-refractivity contribution < 1.29 is 28.2 Å². The zero-order valence-electron chi connectivity index (χ0n) is 10.4. The van der Waals surface area contributed by atoms with E-state index in [1.165, 1.54) is 13.2 Å². The van der Waals surface area contributed by atoms with Gasteiger partial charge in [-0.15, -0.1) is 0 Å². The maximum absolute atomic E-state index is 13.2. The Labute approximate surface area is 108 Å². The van der Waals surface area contributed by atoms with Crippen molar-refractivity contribution in [2.45, 2.75) is 12.8 Å². The number of amides is 1. The third-order valence-corrected chi connectivity index (χ3v) is 2.34. The Bertz CT molecular complexity index is 497. The summed E-state index contributed by atoms with van der Waals surface area (Å²) in [7, 11) is 1.21. The molecule has 7 heteroatoms. The lowest BCUT2D eigenvalue weighted by atomic mass is 10.1. The van der Waals surface area contributed by atoms with Crippen LogP contribution in [0, 0.1) is 0 Å². The zero-order chi connectivity index (χ0) is 14.6. The first-order chi connectivity index (χ1) is 8.75. The molecule has 0 fully saturated rings. The number of halogens is 2. The van der Waals surface area contributed by atoms with E-state index in [1.54, 1.807) is 0 Å². The Balaban J connectivity index is 3.00. The quantitative estimate of drug-likeness (QED) is 0.854. The summed E-state index contributed by atoms with van der Waals surface area (Å²) < 4.78 is 31.3. The normalized spacial score (nSPS) is 10.9. The lowest BCUT2D eigenvalue weighted by Gasteiger charge is -2.15. The summed E-state index contributed by atoms with van der Waals surface area (Å²) in [6, 6.07) is 3.41. The fourth-order valence-electron chi connectivity index (χ4n) is 1.45. The van der Waals surface area contributed by atoms with Gasteiger partial charge >= 0.3 is 5.97 Å². The van der Waals surface area contributed by atoms with Crippen molar-refractivity contribution in [3.63, 3.8) is 0 Å². The van der Waals surface area contributed by atoms with Gasteiger partial charge in [0.2, 0.25) is 0 Å². The summed E-state index contributed by atoms with van der Waals surface area (Å²) in [6.07, 6.45) is 0. The standard InChI is InChI=1S/C12H13F2NO4/c1-12(13,14)8-4-3-7(5-9(8)19-2)11(18)15-6-10(16)17/h3-5H,6H2,1-2H3,(H,15,18)(H,16,17). The zero-order valence-corrected chi connectivity index (χ0v) is 10.4. The highest BCUT2D eigenvalue weighted by molar-refractivity contribution is 5.96. The fourth-order valence-corrected chi connectivity index (χ4v) is 1.45. The van der Waals surface area contributed by atoms with Crippen LogP contribution in [0.2, 0.25) is 0 Å². The van der Waals surface area contributed by atoms with Crippen LogP contribution in [0.4, 0.5) is 8.78 Å². The molecule has 2 N–H and O–H groups in total. The van der Waals surface area contributed by atoms with E-state index >= 15 is 0 Å². The number of hydrogen-bond donors (Lipinski definition) is 2. The van der Waals surface area contributed by atoms with Gasteiger partial charge in [-0.05, 0) is 18.2 Å². The molecule has 0 aliphatic heterocycles. The first-order valence-corrected chi connectivity index (χ1v) is 5.32. The van der Waals surface area contributed by atoms with Gasteiger partial charge in [-0.2, -0.15) is 0 Å². The lowest BCUT2D eigenvalue weighted by Crippen LogP contribution is -2.29. The topological polar surface area (TPSA) is 75.6 Å². The van der Waals surface area contributed by atoms with E-state index in [0.29, 0.717) is 0 Å². The number of carbonyl (C=O) groups excluding carboxylic acids is 1. The number of aliphatic carboxylic acids is 1. The molecule has 0 unspecified atom stereocenters. The second-order valence-electron chi connectivity index (χ2n) is 3.88. The summed E-state index contributed by atoms with van der Waals surface area (Å²) in [6.45, 7) is 0.169. The van der Waals surface area contributed by atoms with Crippen LogP contribution in [0.25, 0.3) is 0 Å². The molecule has 1 aromatic rings. The Kier molecular flexibility index (Phi) is 4.42. The SMILES string of the molecule is COc1cc(C(=O)NCC(=O)O)ccc1C(C)(F)F. The predicted molar refractivity (Wildman–Crippen MR) is 62.5 cm³/mol. The second kappa shape index (κ2) is 5.64. The van der Waals surface area contributed by atoms with E-state index in [-0.39, 0.29) is 16.9 Å². The second-order valence-corrected chi connectivity index (χ2v) is 3.88. The largest absolute Gasteiger partial charge is 0.496 e. The molecule has 0 bridgehead atoms. The van der Waals surface area contributed by atoms with Crippen molar-refractivity contribution in [3.8, 4) is 5.75 Å². The Morgan fingerprint density at radius 2 is 2.05 bits per heavy atom. The summed E-state index contributed by atoms with van der Waals surface area (Å²) in [5.74, 6) is -5.10. The molecule has 0 saturated carbocycles. The van der Waals surface area contributed by atoms with Gasteiger partial charge in [0.1, 0.15) is 12.3 Å². The number of carboxylic acid groups (broad SMARTS) is 1. The van der Waals surface area contributed by atoms with Gasteiger partial charge in [-0.1, -0.05) is 0 Å². The maximum atomic E-state index is 13.2. The molecule has 0 heterocycles. The monoisotopic (exact) mass is 273 g/mol. The van der Waals surface area contributed by atoms with Gasteiger partial charge in [0.05, 0.1) is 12.7 Å². The Morgan fingerprint density at radius 1 is 1.42 bits per heavy atom. The average molecular weight is 273 g/mol. The minimum absolute atomic E-state index is 0.0473. The third kappa shape index (κ3) is 3.90. The molecule has 0 radical (unpaired) electrons. The molecule has 19 heavy (non-hydrogen) atoms. The number of methoxy groups -OCH3 is 1. The van der Waals surface area contributed by atoms with E-state index in [2.05, 4.69) is 5.32 Å². The molecule has 0 spiro atoms. The highest BCUT2D eigenvalue weighted by Crippen LogP contribution is 2.34. The minimum Gasteiger partial charge on any atom is -0.496 e. The first kappa shape index (κ1) is 14.9. The highest BCUT2D eigenvalue weighted by Gasteiger charge is 2.29. The number of alkyl halides is 2. The predicted octanol–water partition coefficient (Wildman–Crippen LogP) is 1.62. The van der Waals surface area contributed by atoms with Crippen LogP contribution in [0.5, 0.6) is 5.75 Å². The molecule has 0 aliphatic carbocycles. The van der Waals surface area contributed by atoms with E-state index in [9.17, 15) is 18.4 Å². The number of hydrogen-bond acceptors (Lipinski definition) is 3. The molecule has 1 rings (SSSR count). The van der Waals surface area contributed by atoms with Crippen molar-refractivity contribution in [1.82, 2.24) is 5.32 Å². The van der Waals surface area contributed by atoms with Gasteiger partial charge in [-0.3, -0.25) is 9.59 Å². The van der Waals surface area contributed by atoms with Gasteiger partial charge < -0.3 is 15.2 Å². The van der Waals surface area contributed by atoms with Crippen molar-refractivity contribution in [2.24, 2.45) is 0 Å². The smallest absolute Gasteiger partial charge is 0.322 e. The molecule has 0 aliphatic rings. The van der Waals surface area contributed by atoms with Crippen LogP contribution in [-0.4, -0.2) is 30.6 Å². The Morgan fingerprint density at radius 3 is 2.53 bits per heavy atom. The Hall–Kier alpha value is -2.18. The molecule has 0 saturated heterocycles. The highest BCUT2D eigenvalue weighted by atomic mass is 19.3. The molecular weight excluding hydrogens is 260 g/mol. The van der Waals surface area contributed by atoms with Gasteiger partial charge in [0, 0.05) is 12.5 Å². The van der Waals surface area contributed by atoms with E-state index in [0.717, 1.165) is 19.1 Å². The maximum Gasteiger partial charge on any atom is 0.322 e. The molecule has 5 nitrogen and oxygen atoms in total. The van der Waals surface area contributed by atoms with Gasteiger partial charge in [0.15, 0.2) is 0 Å². The molecule has 1 amide bonds. The fraction of sp³-hybridized carbons (Fsp3) is 0.333. The summed E-state index contributed by atoms with van der Waals surface area (Å²) in [5, 5.41) is 10.5. The number of benzene rings is 1. The number of rotatable bonds is 5. The van der Waals surface area contributed by atoms with Crippen molar-refractivity contribution in [1.29, 1.82) is 0 Å². The van der Waals surface area contributed by atoms with Gasteiger partial charge in [-0.25, -0.2) is 8.78 Å². The van der Waals surface area contributed by atoms with Crippen molar-refractivity contribution in [2.75, 3.05) is 13.7 Å². The van der Waals surface area contributed by atoms with Crippen molar-refractivity contribution in [3.05, 3.63) is 29.3 Å². The van der Waals surface area contributed by atoms with Crippen LogP contribution in [0.3, 0.4) is 0 Å². The van der Waals surface area contributed by atoms with E-state index in [4.69, 9.17) is 9.84 Å².